The third-order valence-electron chi connectivity index (χ3n) is 3.92. The highest BCUT2D eigenvalue weighted by atomic mass is 32.2. The lowest BCUT2D eigenvalue weighted by Crippen LogP contribution is -2.19. The monoisotopic (exact) mass is 345 g/mol. The van der Waals surface area contributed by atoms with E-state index in [1.54, 1.807) is 12.1 Å². The zero-order valence-electron chi connectivity index (χ0n) is 12.9. The summed E-state index contributed by atoms with van der Waals surface area (Å²) in [5.41, 5.74) is 0.883. The molecule has 0 spiro atoms. The quantitative estimate of drug-likeness (QED) is 0.924. The van der Waals surface area contributed by atoms with Crippen LogP contribution in [0.4, 0.5) is 15.8 Å². The molecule has 1 aliphatic heterocycles. The molecule has 1 saturated heterocycles. The Morgan fingerprint density at radius 2 is 1.88 bits per heavy atom. The largest absolute Gasteiger partial charge is 0.369 e. The first-order valence-corrected chi connectivity index (χ1v) is 9.05. The van der Waals surface area contributed by atoms with Gasteiger partial charge in [-0.05, 0) is 43.2 Å². The van der Waals surface area contributed by atoms with Crippen LogP contribution in [-0.2, 0) is 10.0 Å². The average molecular weight is 345 g/mol. The number of rotatable bonds is 4. The summed E-state index contributed by atoms with van der Waals surface area (Å²) in [6.07, 6.45) is 2.06. The third-order valence-corrected chi connectivity index (χ3v) is 5.30. The van der Waals surface area contributed by atoms with Crippen LogP contribution in [0.5, 0.6) is 0 Å². The third kappa shape index (κ3) is 3.34. The summed E-state index contributed by atoms with van der Waals surface area (Å²) in [7, 11) is -3.88. The normalized spacial score (nSPS) is 14.4. The number of hydrogen-bond donors (Lipinski definition) is 1. The summed E-state index contributed by atoms with van der Waals surface area (Å²) in [6.45, 7) is 1.62. The van der Waals surface area contributed by atoms with Crippen LogP contribution in [0.3, 0.4) is 0 Å². The maximum Gasteiger partial charge on any atom is 0.261 e. The molecule has 0 unspecified atom stereocenters. The van der Waals surface area contributed by atoms with E-state index in [1.807, 2.05) is 11.0 Å². The van der Waals surface area contributed by atoms with Crippen molar-refractivity contribution in [1.29, 1.82) is 5.26 Å². The van der Waals surface area contributed by atoms with E-state index >= 15 is 0 Å². The van der Waals surface area contributed by atoms with Crippen molar-refractivity contribution in [3.05, 3.63) is 53.8 Å². The van der Waals surface area contributed by atoms with Gasteiger partial charge in [-0.25, -0.2) is 12.8 Å². The van der Waals surface area contributed by atoms with Gasteiger partial charge in [0.05, 0.1) is 27.9 Å². The highest BCUT2D eigenvalue weighted by Crippen LogP contribution is 2.27. The van der Waals surface area contributed by atoms with Crippen LogP contribution in [0.1, 0.15) is 18.4 Å². The van der Waals surface area contributed by atoms with Gasteiger partial charge in [0.2, 0.25) is 0 Å². The fourth-order valence-corrected chi connectivity index (χ4v) is 3.83. The van der Waals surface area contributed by atoms with Crippen LogP contribution < -0.4 is 9.62 Å². The molecular weight excluding hydrogens is 329 g/mol. The maximum absolute atomic E-state index is 14.3. The molecule has 0 radical (unpaired) electrons. The van der Waals surface area contributed by atoms with Gasteiger partial charge in [-0.2, -0.15) is 5.26 Å². The van der Waals surface area contributed by atoms with Crippen molar-refractivity contribution in [1.82, 2.24) is 0 Å². The standard InChI is InChI=1S/C17H16FN3O2S/c18-16-11-14(6-7-17(16)21-8-1-2-9-21)20-24(22,23)15-5-3-4-13(10-15)12-19/h3-7,10-11,20H,1-2,8-9H2. The molecule has 2 aromatic carbocycles. The van der Waals surface area contributed by atoms with Crippen LogP contribution in [0.25, 0.3) is 0 Å². The van der Waals surface area contributed by atoms with E-state index < -0.39 is 15.8 Å². The zero-order chi connectivity index (χ0) is 17.2. The van der Waals surface area contributed by atoms with Crippen LogP contribution in [-0.4, -0.2) is 21.5 Å². The number of sulfonamides is 1. The molecule has 0 aromatic heterocycles. The SMILES string of the molecule is N#Cc1cccc(S(=O)(=O)Nc2ccc(N3CCCC3)c(F)c2)c1. The molecule has 2 aromatic rings. The van der Waals surface area contributed by atoms with Gasteiger partial charge in [-0.1, -0.05) is 6.07 Å². The van der Waals surface area contributed by atoms with E-state index in [9.17, 15) is 12.8 Å². The summed E-state index contributed by atoms with van der Waals surface area (Å²) in [4.78, 5) is 1.91. The highest BCUT2D eigenvalue weighted by Gasteiger charge is 2.19. The number of nitrogens with zero attached hydrogens (tertiary/aromatic N) is 2. The molecule has 0 saturated carbocycles. The van der Waals surface area contributed by atoms with Gasteiger partial charge in [0.1, 0.15) is 5.82 Å². The van der Waals surface area contributed by atoms with E-state index in [1.165, 1.54) is 30.3 Å². The Bertz CT molecular complexity index is 900. The predicted octanol–water partition coefficient (Wildman–Crippen LogP) is 3.10. The smallest absolute Gasteiger partial charge is 0.261 e. The van der Waals surface area contributed by atoms with Crippen LogP contribution >= 0.6 is 0 Å². The Kier molecular flexibility index (Phi) is 4.40. The second kappa shape index (κ2) is 6.49. The molecule has 0 atom stereocenters. The van der Waals surface area contributed by atoms with Crippen molar-refractivity contribution in [3.8, 4) is 6.07 Å². The first-order valence-electron chi connectivity index (χ1n) is 7.57. The second-order valence-electron chi connectivity index (χ2n) is 5.61. The fraction of sp³-hybridized carbons (Fsp3) is 0.235. The van der Waals surface area contributed by atoms with Gasteiger partial charge in [-0.15, -0.1) is 0 Å². The van der Waals surface area contributed by atoms with Gasteiger partial charge >= 0.3 is 0 Å². The van der Waals surface area contributed by atoms with E-state index in [4.69, 9.17) is 5.26 Å². The zero-order valence-corrected chi connectivity index (χ0v) is 13.7. The molecule has 1 N–H and O–H groups in total. The van der Waals surface area contributed by atoms with E-state index in [-0.39, 0.29) is 16.1 Å². The number of hydrogen-bond acceptors (Lipinski definition) is 4. The number of nitrogens with one attached hydrogen (secondary N) is 1. The lowest BCUT2D eigenvalue weighted by atomic mass is 10.2. The van der Waals surface area contributed by atoms with Crippen LogP contribution in [0, 0.1) is 17.1 Å². The summed E-state index contributed by atoms with van der Waals surface area (Å²) in [5, 5.41) is 8.87. The minimum Gasteiger partial charge on any atom is -0.369 e. The molecule has 1 heterocycles. The van der Waals surface area contributed by atoms with Gasteiger partial charge in [-0.3, -0.25) is 4.72 Å². The van der Waals surface area contributed by atoms with Gasteiger partial charge in [0.25, 0.3) is 10.0 Å². The number of benzene rings is 2. The van der Waals surface area contributed by atoms with E-state index in [0.29, 0.717) is 5.69 Å². The number of nitriles is 1. The second-order valence-corrected chi connectivity index (χ2v) is 7.29. The first-order chi connectivity index (χ1) is 11.5. The number of halogens is 1. The molecule has 7 heteroatoms. The summed E-state index contributed by atoms with van der Waals surface area (Å²) in [6, 6.07) is 11.9. The molecule has 0 aliphatic carbocycles. The molecule has 1 fully saturated rings. The Hall–Kier alpha value is -2.59. The lowest BCUT2D eigenvalue weighted by Gasteiger charge is -2.19. The first kappa shape index (κ1) is 16.3. The van der Waals surface area contributed by atoms with Crippen molar-refractivity contribution < 1.29 is 12.8 Å². The van der Waals surface area contributed by atoms with Crippen molar-refractivity contribution >= 4 is 21.4 Å². The summed E-state index contributed by atoms with van der Waals surface area (Å²) in [5.74, 6) is -0.456. The Morgan fingerprint density at radius 1 is 1.12 bits per heavy atom. The van der Waals surface area contributed by atoms with Crippen LogP contribution in [0.15, 0.2) is 47.4 Å². The van der Waals surface area contributed by atoms with Crippen LogP contribution in [0.2, 0.25) is 0 Å². The summed E-state index contributed by atoms with van der Waals surface area (Å²) >= 11 is 0. The fourth-order valence-electron chi connectivity index (χ4n) is 2.73. The lowest BCUT2D eigenvalue weighted by molar-refractivity contribution is 0.601. The molecule has 0 amide bonds. The molecular formula is C17H16FN3O2S. The van der Waals surface area contributed by atoms with Crippen molar-refractivity contribution in [2.24, 2.45) is 0 Å². The van der Waals surface area contributed by atoms with Crippen molar-refractivity contribution in [3.63, 3.8) is 0 Å². The van der Waals surface area contributed by atoms with Crippen molar-refractivity contribution in [2.75, 3.05) is 22.7 Å². The minimum atomic E-state index is -3.88. The molecule has 0 bridgehead atoms. The van der Waals surface area contributed by atoms with Gasteiger partial charge in [0, 0.05) is 19.2 Å². The van der Waals surface area contributed by atoms with Crippen molar-refractivity contribution in [2.45, 2.75) is 17.7 Å². The molecule has 3 rings (SSSR count). The molecule has 1 aliphatic rings. The maximum atomic E-state index is 14.3. The van der Waals surface area contributed by atoms with Gasteiger partial charge in [0.15, 0.2) is 0 Å². The minimum absolute atomic E-state index is 0.0365. The number of anilines is 2. The Labute approximate surface area is 140 Å². The molecule has 24 heavy (non-hydrogen) atoms. The molecule has 124 valence electrons. The van der Waals surface area contributed by atoms with Gasteiger partial charge < -0.3 is 4.90 Å². The van der Waals surface area contributed by atoms with E-state index in [2.05, 4.69) is 4.72 Å². The predicted molar refractivity (Wildman–Crippen MR) is 89.8 cm³/mol. The van der Waals surface area contributed by atoms with E-state index in [0.717, 1.165) is 25.9 Å². The molecule has 5 nitrogen and oxygen atoms in total. The Balaban J connectivity index is 1.84. The highest BCUT2D eigenvalue weighted by molar-refractivity contribution is 7.92. The average Bonchev–Trinajstić information content (AvgIpc) is 3.09. The summed E-state index contributed by atoms with van der Waals surface area (Å²) < 4.78 is 41.4. The Morgan fingerprint density at radius 3 is 2.54 bits per heavy atom. The topological polar surface area (TPSA) is 73.2 Å².